The fourth-order valence-corrected chi connectivity index (χ4v) is 3.33. The highest BCUT2D eigenvalue weighted by Gasteiger charge is 2.24. The second-order valence-electron chi connectivity index (χ2n) is 7.57. The number of para-hydroxylation sites is 1. The molecule has 4 aromatic rings. The number of anilines is 3. The van der Waals surface area contributed by atoms with Gasteiger partial charge in [0, 0.05) is 17.7 Å². The molecule has 2 aromatic carbocycles. The van der Waals surface area contributed by atoms with Crippen molar-refractivity contribution in [3.8, 4) is 17.3 Å². The number of benzene rings is 2. The lowest BCUT2D eigenvalue weighted by Gasteiger charge is -2.06. The summed E-state index contributed by atoms with van der Waals surface area (Å²) in [4.78, 5) is 20.9. The molecule has 0 saturated heterocycles. The van der Waals surface area contributed by atoms with Gasteiger partial charge in [-0.05, 0) is 43.0 Å². The number of carbonyl (C=O) groups is 1. The van der Waals surface area contributed by atoms with Crippen LogP contribution in [-0.4, -0.2) is 25.5 Å². The van der Waals surface area contributed by atoms with Gasteiger partial charge in [0.25, 0.3) is 0 Å². The lowest BCUT2D eigenvalue weighted by atomic mass is 10.1. The number of nitrogens with zero attached hydrogens (tertiary/aromatic N) is 5. The van der Waals surface area contributed by atoms with Crippen LogP contribution in [0.5, 0.6) is 0 Å². The first-order valence-electron chi connectivity index (χ1n) is 10.1. The molecule has 0 bridgehead atoms. The fourth-order valence-electron chi connectivity index (χ4n) is 3.33. The van der Waals surface area contributed by atoms with Crippen molar-refractivity contribution in [2.45, 2.75) is 19.3 Å². The molecule has 5 rings (SSSR count). The van der Waals surface area contributed by atoms with Gasteiger partial charge in [-0.2, -0.15) is 10.2 Å². The molecule has 8 heteroatoms. The summed E-state index contributed by atoms with van der Waals surface area (Å²) >= 11 is 0. The van der Waals surface area contributed by atoms with E-state index in [-0.39, 0.29) is 5.91 Å². The average molecular weight is 409 g/mol. The third-order valence-electron chi connectivity index (χ3n) is 5.15. The van der Waals surface area contributed by atoms with Gasteiger partial charge in [0.15, 0.2) is 5.65 Å². The fraction of sp³-hybridized carbons (Fsp3) is 0.174. The number of amides is 1. The average Bonchev–Trinajstić information content (AvgIpc) is 3.50. The second kappa shape index (κ2) is 7.88. The summed E-state index contributed by atoms with van der Waals surface area (Å²) in [7, 11) is 0. The molecule has 2 aromatic heterocycles. The zero-order chi connectivity index (χ0) is 21.2. The van der Waals surface area contributed by atoms with Gasteiger partial charge in [-0.3, -0.25) is 9.78 Å². The minimum atomic E-state index is 0.0652. The molecule has 1 aliphatic rings. The maximum atomic E-state index is 12.0. The zero-order valence-corrected chi connectivity index (χ0v) is 16.6. The summed E-state index contributed by atoms with van der Waals surface area (Å²) in [6.07, 6.45) is 6.36. The molecule has 0 unspecified atom stereocenters. The first-order chi connectivity index (χ1) is 15.2. The lowest BCUT2D eigenvalue weighted by molar-refractivity contribution is -0.116. The number of rotatable bonds is 6. The number of aromatic nitrogens is 4. The predicted molar refractivity (Wildman–Crippen MR) is 117 cm³/mol. The van der Waals surface area contributed by atoms with Crippen LogP contribution in [0.4, 0.5) is 17.3 Å². The van der Waals surface area contributed by atoms with E-state index in [0.29, 0.717) is 35.2 Å². The Balaban J connectivity index is 1.33. The minimum Gasteiger partial charge on any atom is -0.326 e. The Labute approximate surface area is 178 Å². The van der Waals surface area contributed by atoms with Gasteiger partial charge in [0.05, 0.1) is 29.3 Å². The van der Waals surface area contributed by atoms with E-state index in [1.807, 2.05) is 30.3 Å². The van der Waals surface area contributed by atoms with Crippen molar-refractivity contribution in [2.24, 2.45) is 5.92 Å². The molecule has 1 saturated carbocycles. The molecular weight excluding hydrogens is 390 g/mol. The van der Waals surface area contributed by atoms with Crippen LogP contribution < -0.4 is 10.6 Å². The molecule has 0 atom stereocenters. The van der Waals surface area contributed by atoms with Gasteiger partial charge in [0.1, 0.15) is 6.07 Å². The van der Waals surface area contributed by atoms with Gasteiger partial charge >= 0.3 is 0 Å². The lowest BCUT2D eigenvalue weighted by Crippen LogP contribution is -2.11. The Morgan fingerprint density at radius 2 is 1.97 bits per heavy atom. The largest absolute Gasteiger partial charge is 0.326 e. The van der Waals surface area contributed by atoms with Crippen LogP contribution in [0, 0.1) is 17.2 Å². The zero-order valence-electron chi connectivity index (χ0n) is 16.6. The van der Waals surface area contributed by atoms with Crippen LogP contribution in [0.2, 0.25) is 0 Å². The quantitative estimate of drug-likeness (QED) is 0.495. The summed E-state index contributed by atoms with van der Waals surface area (Å²) in [6, 6.07) is 16.9. The molecule has 1 fully saturated rings. The highest BCUT2D eigenvalue weighted by molar-refractivity contribution is 5.91. The Hall–Kier alpha value is -4.25. The van der Waals surface area contributed by atoms with Crippen molar-refractivity contribution in [3.05, 3.63) is 66.5 Å². The summed E-state index contributed by atoms with van der Waals surface area (Å²) in [5, 5.41) is 19.7. The van der Waals surface area contributed by atoms with Crippen LogP contribution in [0.25, 0.3) is 16.9 Å². The van der Waals surface area contributed by atoms with Crippen LogP contribution in [0.1, 0.15) is 24.8 Å². The van der Waals surface area contributed by atoms with E-state index in [1.54, 1.807) is 35.1 Å². The highest BCUT2D eigenvalue weighted by atomic mass is 16.1. The van der Waals surface area contributed by atoms with E-state index < -0.39 is 0 Å². The van der Waals surface area contributed by atoms with Crippen molar-refractivity contribution in [1.29, 1.82) is 5.26 Å². The normalized spacial score (nSPS) is 13.0. The molecule has 8 nitrogen and oxygen atoms in total. The molecule has 152 valence electrons. The van der Waals surface area contributed by atoms with Gasteiger partial charge in [0.2, 0.25) is 11.9 Å². The number of nitrogens with one attached hydrogen (secondary N) is 2. The first-order valence-corrected chi connectivity index (χ1v) is 10.1. The summed E-state index contributed by atoms with van der Waals surface area (Å²) in [5.74, 6) is 1.01. The minimum absolute atomic E-state index is 0.0652. The van der Waals surface area contributed by atoms with E-state index in [9.17, 15) is 10.1 Å². The molecule has 2 N–H and O–H groups in total. The van der Waals surface area contributed by atoms with Crippen LogP contribution in [0.15, 0.2) is 60.9 Å². The number of carbonyl (C=O) groups excluding carboxylic acids is 1. The van der Waals surface area contributed by atoms with Crippen molar-refractivity contribution < 1.29 is 4.79 Å². The monoisotopic (exact) mass is 409 g/mol. The Morgan fingerprint density at radius 1 is 1.16 bits per heavy atom. The van der Waals surface area contributed by atoms with Gasteiger partial charge < -0.3 is 10.6 Å². The van der Waals surface area contributed by atoms with E-state index in [2.05, 4.69) is 31.8 Å². The number of hydrogen-bond acceptors (Lipinski definition) is 6. The maximum Gasteiger partial charge on any atom is 0.247 e. The number of nitriles is 1. The van der Waals surface area contributed by atoms with Crippen molar-refractivity contribution in [2.75, 3.05) is 10.6 Å². The van der Waals surface area contributed by atoms with Crippen molar-refractivity contribution >= 4 is 28.9 Å². The van der Waals surface area contributed by atoms with E-state index >= 15 is 0 Å². The third-order valence-corrected chi connectivity index (χ3v) is 5.15. The Bertz CT molecular complexity index is 1300. The SMILES string of the molecule is N#Cc1ccccc1Nc1nc2cnc(-c3ccc(NC(=O)CC4CC4)cc3)cn2n1. The molecule has 2 heterocycles. The summed E-state index contributed by atoms with van der Waals surface area (Å²) < 4.78 is 1.64. The molecule has 0 aliphatic heterocycles. The Morgan fingerprint density at radius 3 is 2.74 bits per heavy atom. The standard InChI is InChI=1S/C23H19N7O/c24-12-17-3-1-2-4-19(17)27-23-28-21-13-25-20(14-30(21)29-23)16-7-9-18(10-8-16)26-22(31)11-15-5-6-15/h1-4,7-10,13-15H,5-6,11H2,(H,26,31)(H,27,29). The molecular formula is C23H19N7O. The van der Waals surface area contributed by atoms with Gasteiger partial charge in [-0.25, -0.2) is 4.52 Å². The van der Waals surface area contributed by atoms with E-state index in [0.717, 1.165) is 29.8 Å². The number of hydrogen-bond donors (Lipinski definition) is 2. The summed E-state index contributed by atoms with van der Waals surface area (Å²) in [6.45, 7) is 0. The highest BCUT2D eigenvalue weighted by Crippen LogP contribution is 2.32. The molecule has 1 amide bonds. The van der Waals surface area contributed by atoms with E-state index in [4.69, 9.17) is 0 Å². The van der Waals surface area contributed by atoms with Crippen LogP contribution in [-0.2, 0) is 4.79 Å². The predicted octanol–water partition coefficient (Wildman–Crippen LogP) is 4.15. The van der Waals surface area contributed by atoms with Crippen molar-refractivity contribution in [3.63, 3.8) is 0 Å². The van der Waals surface area contributed by atoms with Crippen molar-refractivity contribution in [1.82, 2.24) is 19.6 Å². The van der Waals surface area contributed by atoms with Crippen LogP contribution in [0.3, 0.4) is 0 Å². The smallest absolute Gasteiger partial charge is 0.247 e. The Kier molecular flexibility index (Phi) is 4.77. The topological polar surface area (TPSA) is 108 Å². The first kappa shape index (κ1) is 18.8. The molecule has 1 aliphatic carbocycles. The van der Waals surface area contributed by atoms with E-state index in [1.165, 1.54) is 0 Å². The van der Waals surface area contributed by atoms with Gasteiger partial charge in [-0.1, -0.05) is 24.3 Å². The van der Waals surface area contributed by atoms with Crippen LogP contribution >= 0.6 is 0 Å². The number of fused-ring (bicyclic) bond motifs is 1. The molecule has 0 radical (unpaired) electrons. The third kappa shape index (κ3) is 4.21. The maximum absolute atomic E-state index is 12.0. The summed E-state index contributed by atoms with van der Waals surface area (Å²) in [5.41, 5.74) is 4.17. The molecule has 31 heavy (non-hydrogen) atoms. The molecule has 0 spiro atoms. The second-order valence-corrected chi connectivity index (χ2v) is 7.57. The van der Waals surface area contributed by atoms with Gasteiger partial charge in [-0.15, -0.1) is 5.10 Å².